The fraction of sp³-hybridized carbons (Fsp3) is 0.150. The van der Waals surface area contributed by atoms with E-state index in [2.05, 4.69) is 16.2 Å². The standard InChI is InChI=1S/C20H18ClN3O4S2/c1-27-10-11-28-13-8-6-12(7-9-13)18(25)22-20(29)24-23-19(26)17-16(21)14-4-2-3-5-15(14)30-17/h2-9H,10-11H2,1H3,(H,23,26)(H2,22,24,25,29). The summed E-state index contributed by atoms with van der Waals surface area (Å²) in [7, 11) is 1.59. The maximum Gasteiger partial charge on any atom is 0.281 e. The molecule has 2 amide bonds. The highest BCUT2D eigenvalue weighted by Crippen LogP contribution is 2.34. The molecule has 0 fully saturated rings. The van der Waals surface area contributed by atoms with Crippen molar-refractivity contribution in [3.05, 3.63) is 64.0 Å². The monoisotopic (exact) mass is 463 g/mol. The first-order chi connectivity index (χ1) is 14.5. The van der Waals surface area contributed by atoms with Crippen molar-refractivity contribution < 1.29 is 19.1 Å². The van der Waals surface area contributed by atoms with Crippen molar-refractivity contribution in [3.63, 3.8) is 0 Å². The van der Waals surface area contributed by atoms with Gasteiger partial charge in [0.15, 0.2) is 5.11 Å². The van der Waals surface area contributed by atoms with Crippen LogP contribution in [0, 0.1) is 0 Å². The van der Waals surface area contributed by atoms with Crippen LogP contribution in [0.4, 0.5) is 0 Å². The van der Waals surface area contributed by atoms with E-state index in [0.29, 0.717) is 34.4 Å². The number of carbonyl (C=O) groups excluding carboxylic acids is 2. The third-order valence-corrected chi connectivity index (χ3v) is 5.81. The number of hydrogen-bond donors (Lipinski definition) is 3. The molecule has 0 unspecified atom stereocenters. The minimum atomic E-state index is -0.449. The second-order valence-electron chi connectivity index (χ2n) is 5.97. The van der Waals surface area contributed by atoms with Crippen LogP contribution in [0.2, 0.25) is 5.02 Å². The van der Waals surface area contributed by atoms with Crippen LogP contribution in [0.25, 0.3) is 10.1 Å². The molecule has 0 bridgehead atoms. The summed E-state index contributed by atoms with van der Waals surface area (Å²) < 4.78 is 11.3. The molecule has 156 valence electrons. The van der Waals surface area contributed by atoms with Crippen molar-refractivity contribution in [2.24, 2.45) is 0 Å². The number of hydrazine groups is 1. The SMILES string of the molecule is COCCOc1ccc(C(=O)NC(=S)NNC(=O)c2sc3ccccc3c2Cl)cc1. The van der Waals surface area contributed by atoms with Gasteiger partial charge in [-0.3, -0.25) is 25.8 Å². The summed E-state index contributed by atoms with van der Waals surface area (Å²) in [6, 6.07) is 14.0. The van der Waals surface area contributed by atoms with Gasteiger partial charge in [0.2, 0.25) is 0 Å². The lowest BCUT2D eigenvalue weighted by molar-refractivity contribution is 0.0938. The Bertz CT molecular complexity index is 1070. The summed E-state index contributed by atoms with van der Waals surface area (Å²) >= 11 is 12.6. The van der Waals surface area contributed by atoms with Crippen LogP contribution < -0.4 is 20.9 Å². The zero-order valence-electron chi connectivity index (χ0n) is 15.9. The summed E-state index contributed by atoms with van der Waals surface area (Å²) in [5, 5.41) is 3.62. The molecule has 0 aliphatic carbocycles. The van der Waals surface area contributed by atoms with Crippen molar-refractivity contribution >= 4 is 62.2 Å². The van der Waals surface area contributed by atoms with E-state index in [-0.39, 0.29) is 5.11 Å². The normalized spacial score (nSPS) is 10.5. The van der Waals surface area contributed by atoms with Crippen LogP contribution in [-0.4, -0.2) is 37.3 Å². The van der Waals surface area contributed by atoms with Gasteiger partial charge in [-0.1, -0.05) is 29.8 Å². The number of amides is 2. The molecule has 30 heavy (non-hydrogen) atoms. The fourth-order valence-electron chi connectivity index (χ4n) is 2.48. The number of thiophene rings is 1. The highest BCUT2D eigenvalue weighted by molar-refractivity contribution is 7.80. The van der Waals surface area contributed by atoms with E-state index in [1.165, 1.54) is 11.3 Å². The van der Waals surface area contributed by atoms with E-state index in [9.17, 15) is 9.59 Å². The van der Waals surface area contributed by atoms with Crippen LogP contribution in [0.5, 0.6) is 5.75 Å². The van der Waals surface area contributed by atoms with Crippen LogP contribution >= 0.6 is 35.2 Å². The van der Waals surface area contributed by atoms with E-state index in [0.717, 1.165) is 10.1 Å². The topological polar surface area (TPSA) is 88.7 Å². The lowest BCUT2D eigenvalue weighted by Gasteiger charge is -2.11. The van der Waals surface area contributed by atoms with Gasteiger partial charge in [0, 0.05) is 22.8 Å². The first-order valence-corrected chi connectivity index (χ1v) is 10.4. The lowest BCUT2D eigenvalue weighted by atomic mass is 10.2. The predicted molar refractivity (Wildman–Crippen MR) is 121 cm³/mol. The molecule has 0 aliphatic heterocycles. The molecule has 0 radical (unpaired) electrons. The zero-order chi connectivity index (χ0) is 21.5. The van der Waals surface area contributed by atoms with Gasteiger partial charge in [-0.25, -0.2) is 0 Å². The number of halogens is 1. The Morgan fingerprint density at radius 2 is 1.77 bits per heavy atom. The zero-order valence-corrected chi connectivity index (χ0v) is 18.2. The molecule has 7 nitrogen and oxygen atoms in total. The van der Waals surface area contributed by atoms with Gasteiger partial charge in [0.25, 0.3) is 11.8 Å². The molecular weight excluding hydrogens is 446 g/mol. The third kappa shape index (κ3) is 5.45. The number of benzene rings is 2. The molecule has 0 saturated carbocycles. The molecule has 0 aliphatic rings. The smallest absolute Gasteiger partial charge is 0.281 e. The number of ether oxygens (including phenoxy) is 2. The molecule has 3 aromatic rings. The second kappa shape index (κ2) is 10.4. The third-order valence-electron chi connectivity index (χ3n) is 3.93. The van der Waals surface area contributed by atoms with Gasteiger partial charge >= 0.3 is 0 Å². The highest BCUT2D eigenvalue weighted by Gasteiger charge is 2.17. The summed E-state index contributed by atoms with van der Waals surface area (Å²) in [6.45, 7) is 0.889. The summed E-state index contributed by atoms with van der Waals surface area (Å²) in [5.41, 5.74) is 5.34. The predicted octanol–water partition coefficient (Wildman–Crippen LogP) is 3.53. The summed E-state index contributed by atoms with van der Waals surface area (Å²) in [4.78, 5) is 25.0. The fourth-order valence-corrected chi connectivity index (χ4v) is 4.04. The Kier molecular flexibility index (Phi) is 7.58. The minimum absolute atomic E-state index is 0.0500. The van der Waals surface area contributed by atoms with Gasteiger partial charge < -0.3 is 9.47 Å². The highest BCUT2D eigenvalue weighted by atomic mass is 35.5. The van der Waals surface area contributed by atoms with E-state index >= 15 is 0 Å². The number of carbonyl (C=O) groups is 2. The van der Waals surface area contributed by atoms with E-state index < -0.39 is 11.8 Å². The largest absolute Gasteiger partial charge is 0.491 e. The molecule has 2 aromatic carbocycles. The summed E-state index contributed by atoms with van der Waals surface area (Å²) in [5.74, 6) is -0.253. The molecular formula is C20H18ClN3O4S2. The number of hydrogen-bond acceptors (Lipinski definition) is 6. The average Bonchev–Trinajstić information content (AvgIpc) is 3.09. The Morgan fingerprint density at radius 3 is 2.47 bits per heavy atom. The van der Waals surface area contributed by atoms with Gasteiger partial charge in [0.1, 0.15) is 17.2 Å². The molecule has 3 rings (SSSR count). The number of fused-ring (bicyclic) bond motifs is 1. The van der Waals surface area contributed by atoms with Crippen molar-refractivity contribution in [3.8, 4) is 5.75 Å². The summed E-state index contributed by atoms with van der Waals surface area (Å²) in [6.07, 6.45) is 0. The number of rotatable bonds is 6. The lowest BCUT2D eigenvalue weighted by Crippen LogP contribution is -2.48. The molecule has 10 heteroatoms. The van der Waals surface area contributed by atoms with Crippen molar-refractivity contribution in [1.82, 2.24) is 16.2 Å². The first-order valence-electron chi connectivity index (χ1n) is 8.80. The van der Waals surface area contributed by atoms with Gasteiger partial charge in [-0.2, -0.15) is 0 Å². The van der Waals surface area contributed by atoms with Gasteiger partial charge in [-0.15, -0.1) is 11.3 Å². The van der Waals surface area contributed by atoms with E-state index in [4.69, 9.17) is 33.3 Å². The molecule has 0 saturated heterocycles. The molecule has 3 N–H and O–H groups in total. The minimum Gasteiger partial charge on any atom is -0.491 e. The average molecular weight is 464 g/mol. The van der Waals surface area contributed by atoms with Crippen molar-refractivity contribution in [1.29, 1.82) is 0 Å². The van der Waals surface area contributed by atoms with Gasteiger partial charge in [0.05, 0.1) is 11.6 Å². The Morgan fingerprint density at radius 1 is 1.03 bits per heavy atom. The van der Waals surface area contributed by atoms with Crippen LogP contribution in [0.3, 0.4) is 0 Å². The quantitative estimate of drug-likeness (QED) is 0.294. The number of methoxy groups -OCH3 is 1. The molecule has 1 heterocycles. The number of nitrogens with one attached hydrogen (secondary N) is 3. The number of thiocarbonyl (C=S) groups is 1. The van der Waals surface area contributed by atoms with E-state index in [1.807, 2.05) is 24.3 Å². The molecule has 0 spiro atoms. The Labute approximate surface area is 187 Å². The van der Waals surface area contributed by atoms with Crippen LogP contribution in [0.1, 0.15) is 20.0 Å². The molecule has 1 aromatic heterocycles. The maximum atomic E-state index is 12.4. The van der Waals surface area contributed by atoms with Crippen molar-refractivity contribution in [2.75, 3.05) is 20.3 Å². The maximum absolute atomic E-state index is 12.4. The van der Waals surface area contributed by atoms with Crippen molar-refractivity contribution in [2.45, 2.75) is 0 Å². The second-order valence-corrected chi connectivity index (χ2v) is 7.81. The Hall–Kier alpha value is -2.72. The Balaban J connectivity index is 1.51. The van der Waals surface area contributed by atoms with E-state index in [1.54, 1.807) is 31.4 Å². The van der Waals surface area contributed by atoms with Crippen LogP contribution in [-0.2, 0) is 4.74 Å². The van der Waals surface area contributed by atoms with Crippen LogP contribution in [0.15, 0.2) is 48.5 Å². The first kappa shape index (κ1) is 22.0. The van der Waals surface area contributed by atoms with Gasteiger partial charge in [-0.05, 0) is 42.5 Å². The molecule has 0 atom stereocenters.